The summed E-state index contributed by atoms with van der Waals surface area (Å²) in [5.74, 6) is 0.587. The van der Waals surface area contributed by atoms with Crippen LogP contribution in [0.2, 0.25) is 0 Å². The van der Waals surface area contributed by atoms with Gasteiger partial charge in [0.2, 0.25) is 5.91 Å². The molecular weight excluding hydrogens is 430 g/mol. The monoisotopic (exact) mass is 451 g/mol. The molecule has 2 aromatic carbocycles. The SMILES string of the molecule is COc1ccc(/C=C/C(=O)NC(=S)Nc2cccc(NC(=O)c3ccco3)c2)cc1OC. The predicted molar refractivity (Wildman–Crippen MR) is 126 cm³/mol. The number of ether oxygens (including phenoxy) is 2. The van der Waals surface area contributed by atoms with Crippen molar-refractivity contribution < 1.29 is 23.5 Å². The summed E-state index contributed by atoms with van der Waals surface area (Å²) in [5, 5.41) is 8.31. The summed E-state index contributed by atoms with van der Waals surface area (Å²) in [6.45, 7) is 0. The molecule has 32 heavy (non-hydrogen) atoms. The number of rotatable bonds is 7. The molecule has 1 heterocycles. The van der Waals surface area contributed by atoms with Gasteiger partial charge in [0.05, 0.1) is 20.5 Å². The fourth-order valence-electron chi connectivity index (χ4n) is 2.72. The summed E-state index contributed by atoms with van der Waals surface area (Å²) in [4.78, 5) is 24.3. The van der Waals surface area contributed by atoms with Crippen LogP contribution in [0.25, 0.3) is 6.08 Å². The highest BCUT2D eigenvalue weighted by atomic mass is 32.1. The zero-order chi connectivity index (χ0) is 22.9. The fraction of sp³-hybridized carbons (Fsp3) is 0.0870. The Hall–Kier alpha value is -4.11. The van der Waals surface area contributed by atoms with E-state index in [1.807, 2.05) is 0 Å². The van der Waals surface area contributed by atoms with Crippen molar-refractivity contribution in [1.82, 2.24) is 5.32 Å². The summed E-state index contributed by atoms with van der Waals surface area (Å²) in [6, 6.07) is 15.4. The fourth-order valence-corrected chi connectivity index (χ4v) is 2.94. The molecule has 3 rings (SSSR count). The smallest absolute Gasteiger partial charge is 0.291 e. The molecule has 164 valence electrons. The lowest BCUT2D eigenvalue weighted by atomic mass is 10.2. The van der Waals surface area contributed by atoms with Gasteiger partial charge in [-0.2, -0.15) is 0 Å². The number of methoxy groups -OCH3 is 2. The van der Waals surface area contributed by atoms with E-state index in [9.17, 15) is 9.59 Å². The minimum Gasteiger partial charge on any atom is -0.493 e. The number of carbonyl (C=O) groups is 2. The van der Waals surface area contributed by atoms with E-state index in [0.29, 0.717) is 22.9 Å². The molecule has 0 saturated carbocycles. The molecule has 0 unspecified atom stereocenters. The van der Waals surface area contributed by atoms with Crippen molar-refractivity contribution >= 4 is 46.6 Å². The average Bonchev–Trinajstić information content (AvgIpc) is 3.33. The molecular formula is C23H21N3O5S. The second-order valence-electron chi connectivity index (χ2n) is 6.40. The molecule has 0 saturated heterocycles. The molecule has 0 aliphatic rings. The summed E-state index contributed by atoms with van der Waals surface area (Å²) < 4.78 is 15.5. The van der Waals surface area contributed by atoms with Gasteiger partial charge in [0, 0.05) is 17.5 Å². The van der Waals surface area contributed by atoms with E-state index >= 15 is 0 Å². The number of nitrogens with one attached hydrogen (secondary N) is 3. The zero-order valence-electron chi connectivity index (χ0n) is 17.4. The molecule has 0 spiro atoms. The third-order valence-electron chi connectivity index (χ3n) is 4.19. The maximum Gasteiger partial charge on any atom is 0.291 e. The normalized spacial score (nSPS) is 10.4. The van der Waals surface area contributed by atoms with Crippen LogP contribution in [-0.4, -0.2) is 31.1 Å². The van der Waals surface area contributed by atoms with Gasteiger partial charge in [0.15, 0.2) is 22.4 Å². The number of carbonyl (C=O) groups excluding carboxylic acids is 2. The third kappa shape index (κ3) is 6.19. The summed E-state index contributed by atoms with van der Waals surface area (Å²) in [6.07, 6.45) is 4.41. The van der Waals surface area contributed by atoms with Gasteiger partial charge in [-0.05, 0) is 66.3 Å². The van der Waals surface area contributed by atoms with Crippen molar-refractivity contribution in [3.05, 3.63) is 78.3 Å². The van der Waals surface area contributed by atoms with Crippen molar-refractivity contribution in [2.45, 2.75) is 0 Å². The lowest BCUT2D eigenvalue weighted by molar-refractivity contribution is -0.115. The Morgan fingerprint density at radius 2 is 1.69 bits per heavy atom. The maximum atomic E-state index is 12.2. The number of anilines is 2. The number of amides is 2. The van der Waals surface area contributed by atoms with Crippen LogP contribution in [0.15, 0.2) is 71.4 Å². The first kappa shape index (κ1) is 22.6. The highest BCUT2D eigenvalue weighted by Crippen LogP contribution is 2.27. The minimum absolute atomic E-state index is 0.112. The van der Waals surface area contributed by atoms with Crippen molar-refractivity contribution in [1.29, 1.82) is 0 Å². The molecule has 3 aromatic rings. The van der Waals surface area contributed by atoms with Crippen LogP contribution >= 0.6 is 12.2 Å². The molecule has 0 aliphatic heterocycles. The Balaban J connectivity index is 1.55. The first-order valence-electron chi connectivity index (χ1n) is 9.45. The molecule has 0 aliphatic carbocycles. The standard InChI is InChI=1S/C23H21N3O5S/c1-29-18-10-8-15(13-20(18)30-2)9-11-21(27)26-23(32)25-17-6-3-5-16(14-17)24-22(28)19-7-4-12-31-19/h3-14H,1-2H3,(H,24,28)(H2,25,26,27,32)/b11-9+. The van der Waals surface area contributed by atoms with Crippen LogP contribution in [-0.2, 0) is 4.79 Å². The van der Waals surface area contributed by atoms with Crippen LogP contribution in [0, 0.1) is 0 Å². The largest absolute Gasteiger partial charge is 0.493 e. The maximum absolute atomic E-state index is 12.2. The van der Waals surface area contributed by atoms with Crippen LogP contribution in [0.1, 0.15) is 16.1 Å². The molecule has 0 bridgehead atoms. The van der Waals surface area contributed by atoms with Crippen LogP contribution < -0.4 is 25.4 Å². The first-order valence-corrected chi connectivity index (χ1v) is 9.86. The van der Waals surface area contributed by atoms with E-state index < -0.39 is 5.91 Å². The Bertz CT molecular complexity index is 1140. The summed E-state index contributed by atoms with van der Waals surface area (Å²) in [5.41, 5.74) is 1.90. The quantitative estimate of drug-likeness (QED) is 0.368. The van der Waals surface area contributed by atoms with E-state index in [0.717, 1.165) is 5.56 Å². The topological polar surface area (TPSA) is 102 Å². The van der Waals surface area contributed by atoms with E-state index in [1.54, 1.807) is 74.9 Å². The van der Waals surface area contributed by atoms with Crippen molar-refractivity contribution in [2.75, 3.05) is 24.9 Å². The Labute approximate surface area is 190 Å². The van der Waals surface area contributed by atoms with E-state index in [4.69, 9.17) is 26.1 Å². The number of benzene rings is 2. The van der Waals surface area contributed by atoms with Crippen LogP contribution in [0.4, 0.5) is 11.4 Å². The Morgan fingerprint density at radius 3 is 2.38 bits per heavy atom. The third-order valence-corrected chi connectivity index (χ3v) is 4.40. The van der Waals surface area contributed by atoms with Gasteiger partial charge in [-0.25, -0.2) is 0 Å². The van der Waals surface area contributed by atoms with E-state index in [1.165, 1.54) is 12.3 Å². The predicted octanol–water partition coefficient (Wildman–Crippen LogP) is 4.08. The number of thiocarbonyl (C=S) groups is 1. The highest BCUT2D eigenvalue weighted by Gasteiger charge is 2.09. The van der Waals surface area contributed by atoms with Gasteiger partial charge < -0.3 is 24.5 Å². The zero-order valence-corrected chi connectivity index (χ0v) is 18.2. The lowest BCUT2D eigenvalue weighted by Gasteiger charge is -2.10. The van der Waals surface area contributed by atoms with Gasteiger partial charge >= 0.3 is 0 Å². The van der Waals surface area contributed by atoms with Gasteiger partial charge in [0.25, 0.3) is 5.91 Å². The second kappa shape index (κ2) is 10.8. The number of furan rings is 1. The summed E-state index contributed by atoms with van der Waals surface area (Å²) >= 11 is 5.20. The van der Waals surface area contributed by atoms with E-state index in [-0.39, 0.29) is 16.8 Å². The molecule has 3 N–H and O–H groups in total. The molecule has 2 amide bonds. The molecule has 0 fully saturated rings. The van der Waals surface area contributed by atoms with Gasteiger partial charge in [-0.1, -0.05) is 12.1 Å². The molecule has 1 aromatic heterocycles. The molecule has 0 radical (unpaired) electrons. The van der Waals surface area contributed by atoms with Crippen molar-refractivity contribution in [3.8, 4) is 11.5 Å². The Kier molecular flexibility index (Phi) is 7.60. The first-order chi connectivity index (χ1) is 15.5. The van der Waals surface area contributed by atoms with Gasteiger partial charge in [0.1, 0.15) is 0 Å². The molecule has 0 atom stereocenters. The van der Waals surface area contributed by atoms with E-state index in [2.05, 4.69) is 16.0 Å². The van der Waals surface area contributed by atoms with Gasteiger partial charge in [-0.15, -0.1) is 0 Å². The van der Waals surface area contributed by atoms with Crippen molar-refractivity contribution in [3.63, 3.8) is 0 Å². The second-order valence-corrected chi connectivity index (χ2v) is 6.81. The summed E-state index contributed by atoms with van der Waals surface area (Å²) in [7, 11) is 3.09. The van der Waals surface area contributed by atoms with Crippen LogP contribution in [0.3, 0.4) is 0 Å². The van der Waals surface area contributed by atoms with Crippen molar-refractivity contribution in [2.24, 2.45) is 0 Å². The highest BCUT2D eigenvalue weighted by molar-refractivity contribution is 7.80. The number of hydrogen-bond acceptors (Lipinski definition) is 6. The molecule has 8 nitrogen and oxygen atoms in total. The average molecular weight is 452 g/mol. The van der Waals surface area contributed by atoms with Crippen LogP contribution in [0.5, 0.6) is 11.5 Å². The molecule has 9 heteroatoms. The minimum atomic E-state index is -0.403. The lowest BCUT2D eigenvalue weighted by Crippen LogP contribution is -2.32. The van der Waals surface area contributed by atoms with Gasteiger partial charge in [-0.3, -0.25) is 14.9 Å². The Morgan fingerprint density at radius 1 is 0.938 bits per heavy atom. The number of hydrogen-bond donors (Lipinski definition) is 3.